The lowest BCUT2D eigenvalue weighted by molar-refractivity contribution is -0.195. The summed E-state index contributed by atoms with van der Waals surface area (Å²) in [6.45, 7) is 5.54. The molecule has 1 aromatic heterocycles. The maximum absolute atomic E-state index is 12.5. The van der Waals surface area contributed by atoms with Gasteiger partial charge in [-0.05, 0) is 29.9 Å². The Balaban J connectivity index is 1.70. The van der Waals surface area contributed by atoms with Gasteiger partial charge in [-0.2, -0.15) is 0 Å². The Labute approximate surface area is 157 Å². The first kappa shape index (κ1) is 18.3. The SMILES string of the molecule is CC(C)C1(C[C@H]2CC[C@@H](n3[nH]c(=O)n(C)c3=O)c3ccccc32)OCCO1. The summed E-state index contributed by atoms with van der Waals surface area (Å²) in [5, 5.41) is 2.70. The number of H-pyrrole nitrogens is 1. The molecule has 27 heavy (non-hydrogen) atoms. The first-order valence-corrected chi connectivity index (χ1v) is 9.67. The molecule has 0 unspecified atom stereocenters. The van der Waals surface area contributed by atoms with Gasteiger partial charge in [0, 0.05) is 19.4 Å². The van der Waals surface area contributed by atoms with Crippen LogP contribution in [0.2, 0.25) is 0 Å². The maximum Gasteiger partial charge on any atom is 0.347 e. The molecule has 4 rings (SSSR count). The number of hydrogen-bond donors (Lipinski definition) is 1. The van der Waals surface area contributed by atoms with Crippen molar-refractivity contribution in [1.29, 1.82) is 0 Å². The van der Waals surface area contributed by atoms with Crippen LogP contribution < -0.4 is 11.4 Å². The van der Waals surface area contributed by atoms with Crippen molar-refractivity contribution in [2.24, 2.45) is 13.0 Å². The van der Waals surface area contributed by atoms with E-state index in [4.69, 9.17) is 9.47 Å². The van der Waals surface area contributed by atoms with Crippen LogP contribution in [0, 0.1) is 5.92 Å². The highest BCUT2D eigenvalue weighted by Crippen LogP contribution is 2.45. The summed E-state index contributed by atoms with van der Waals surface area (Å²) in [5.74, 6) is 0.0183. The molecule has 0 saturated carbocycles. The van der Waals surface area contributed by atoms with Gasteiger partial charge in [0.1, 0.15) is 0 Å². The normalized spacial score (nSPS) is 24.3. The van der Waals surface area contributed by atoms with E-state index in [9.17, 15) is 9.59 Å². The summed E-state index contributed by atoms with van der Waals surface area (Å²) in [5.41, 5.74) is 1.62. The molecule has 0 spiro atoms. The number of benzene rings is 1. The molecule has 2 aromatic rings. The van der Waals surface area contributed by atoms with Gasteiger partial charge in [0.15, 0.2) is 5.79 Å². The van der Waals surface area contributed by atoms with Crippen LogP contribution in [0.3, 0.4) is 0 Å². The number of aromatic nitrogens is 3. The second kappa shape index (κ2) is 6.80. The van der Waals surface area contributed by atoms with Crippen molar-refractivity contribution >= 4 is 0 Å². The van der Waals surface area contributed by atoms with Crippen LogP contribution in [0.4, 0.5) is 0 Å². The third-order valence-corrected chi connectivity index (χ3v) is 6.10. The summed E-state index contributed by atoms with van der Waals surface area (Å²) in [6, 6.07) is 8.05. The Morgan fingerprint density at radius 3 is 2.41 bits per heavy atom. The van der Waals surface area contributed by atoms with Crippen LogP contribution >= 0.6 is 0 Å². The van der Waals surface area contributed by atoms with Gasteiger partial charge in [-0.25, -0.2) is 23.9 Å². The number of hydrogen-bond acceptors (Lipinski definition) is 4. The zero-order valence-electron chi connectivity index (χ0n) is 16.1. The van der Waals surface area contributed by atoms with E-state index in [-0.39, 0.29) is 23.3 Å². The predicted molar refractivity (Wildman–Crippen MR) is 101 cm³/mol. The number of aromatic amines is 1. The third kappa shape index (κ3) is 2.99. The fraction of sp³-hybridized carbons (Fsp3) is 0.600. The second-order valence-corrected chi connectivity index (χ2v) is 7.92. The quantitative estimate of drug-likeness (QED) is 0.891. The van der Waals surface area contributed by atoms with Crippen LogP contribution in [0.25, 0.3) is 0 Å². The minimum absolute atomic E-state index is 0.153. The molecule has 146 valence electrons. The number of nitrogens with one attached hydrogen (secondary N) is 1. The summed E-state index contributed by atoms with van der Waals surface area (Å²) in [6.07, 6.45) is 2.50. The topological polar surface area (TPSA) is 78.2 Å². The molecule has 1 aliphatic carbocycles. The van der Waals surface area contributed by atoms with Gasteiger partial charge in [0.25, 0.3) is 0 Å². The molecule has 1 aliphatic heterocycles. The lowest BCUT2D eigenvalue weighted by Gasteiger charge is -2.38. The van der Waals surface area contributed by atoms with Gasteiger partial charge in [-0.1, -0.05) is 38.1 Å². The predicted octanol–water partition coefficient (Wildman–Crippen LogP) is 2.13. The van der Waals surface area contributed by atoms with Gasteiger partial charge >= 0.3 is 11.4 Å². The lowest BCUT2D eigenvalue weighted by atomic mass is 9.75. The molecule has 1 N–H and O–H groups in total. The molecule has 0 radical (unpaired) electrons. The first-order valence-electron chi connectivity index (χ1n) is 9.67. The van der Waals surface area contributed by atoms with Gasteiger partial charge in [-0.15, -0.1) is 0 Å². The number of ether oxygens (including phenoxy) is 2. The second-order valence-electron chi connectivity index (χ2n) is 7.92. The van der Waals surface area contributed by atoms with E-state index in [1.54, 1.807) is 0 Å². The van der Waals surface area contributed by atoms with Crippen molar-refractivity contribution in [2.75, 3.05) is 13.2 Å². The van der Waals surface area contributed by atoms with Gasteiger partial charge in [0.05, 0.1) is 19.3 Å². The van der Waals surface area contributed by atoms with E-state index in [0.29, 0.717) is 19.1 Å². The molecule has 1 fully saturated rings. The Morgan fingerprint density at radius 2 is 1.81 bits per heavy atom. The van der Waals surface area contributed by atoms with E-state index in [1.165, 1.54) is 17.3 Å². The number of rotatable bonds is 4. The molecule has 2 heterocycles. The molecule has 0 bridgehead atoms. The standard InChI is InChI=1S/C20H27N3O4/c1-13(2)20(26-10-11-27-20)12-14-8-9-17(16-7-5-4-6-15(14)16)23-19(25)22(3)18(24)21-23/h4-7,13-14,17H,8-12H2,1-3H3,(H,21,24)/t14-,17-/m1/s1. The average molecular weight is 373 g/mol. The zero-order chi connectivity index (χ0) is 19.2. The highest BCUT2D eigenvalue weighted by molar-refractivity contribution is 5.36. The fourth-order valence-electron chi connectivity index (χ4n) is 4.52. The molecule has 2 atom stereocenters. The molecular weight excluding hydrogens is 346 g/mol. The van der Waals surface area contributed by atoms with Gasteiger partial charge in [-0.3, -0.25) is 0 Å². The fourth-order valence-corrected chi connectivity index (χ4v) is 4.52. The average Bonchev–Trinajstić information content (AvgIpc) is 3.24. The van der Waals surface area contributed by atoms with Crippen molar-refractivity contribution in [3.8, 4) is 0 Å². The Bertz CT molecular complexity index is 933. The highest BCUT2D eigenvalue weighted by atomic mass is 16.7. The van der Waals surface area contributed by atoms with Crippen molar-refractivity contribution in [1.82, 2.24) is 14.3 Å². The van der Waals surface area contributed by atoms with E-state index in [0.717, 1.165) is 29.4 Å². The minimum atomic E-state index is -0.539. The van der Waals surface area contributed by atoms with Crippen LogP contribution in [0.5, 0.6) is 0 Å². The Kier molecular flexibility index (Phi) is 4.60. The van der Waals surface area contributed by atoms with Crippen LogP contribution in [-0.2, 0) is 16.5 Å². The highest BCUT2D eigenvalue weighted by Gasteiger charge is 2.43. The van der Waals surface area contributed by atoms with E-state index in [2.05, 4.69) is 31.1 Å². The summed E-state index contributed by atoms with van der Waals surface area (Å²) >= 11 is 0. The lowest BCUT2D eigenvalue weighted by Crippen LogP contribution is -2.39. The van der Waals surface area contributed by atoms with Crippen LogP contribution in [0.15, 0.2) is 33.9 Å². The molecule has 7 nitrogen and oxygen atoms in total. The zero-order valence-corrected chi connectivity index (χ0v) is 16.1. The maximum atomic E-state index is 12.5. The van der Waals surface area contributed by atoms with Gasteiger partial charge in [0.2, 0.25) is 0 Å². The summed E-state index contributed by atoms with van der Waals surface area (Å²) < 4.78 is 14.7. The van der Waals surface area contributed by atoms with Crippen molar-refractivity contribution in [2.45, 2.75) is 50.9 Å². The molecular formula is C20H27N3O4. The number of fused-ring (bicyclic) bond motifs is 1. The number of nitrogens with zero attached hydrogens (tertiary/aromatic N) is 2. The van der Waals surface area contributed by atoms with Crippen molar-refractivity contribution in [3.63, 3.8) is 0 Å². The van der Waals surface area contributed by atoms with Crippen molar-refractivity contribution < 1.29 is 9.47 Å². The van der Waals surface area contributed by atoms with Crippen LogP contribution in [-0.4, -0.2) is 33.3 Å². The Morgan fingerprint density at radius 1 is 1.15 bits per heavy atom. The third-order valence-electron chi connectivity index (χ3n) is 6.10. The monoisotopic (exact) mass is 373 g/mol. The smallest absolute Gasteiger partial charge is 0.347 e. The first-order chi connectivity index (χ1) is 12.9. The van der Waals surface area contributed by atoms with Gasteiger partial charge < -0.3 is 9.47 Å². The molecule has 1 aromatic carbocycles. The van der Waals surface area contributed by atoms with E-state index >= 15 is 0 Å². The summed E-state index contributed by atoms with van der Waals surface area (Å²) in [7, 11) is 1.50. The van der Waals surface area contributed by atoms with E-state index in [1.807, 2.05) is 12.1 Å². The minimum Gasteiger partial charge on any atom is -0.347 e. The van der Waals surface area contributed by atoms with Crippen LogP contribution in [0.1, 0.15) is 56.2 Å². The largest absolute Gasteiger partial charge is 0.347 e. The molecule has 1 saturated heterocycles. The molecule has 7 heteroatoms. The molecule has 0 amide bonds. The Hall–Kier alpha value is -2.12. The summed E-state index contributed by atoms with van der Waals surface area (Å²) in [4.78, 5) is 24.3. The molecule has 2 aliphatic rings. The van der Waals surface area contributed by atoms with Crippen molar-refractivity contribution in [3.05, 3.63) is 56.4 Å². The van der Waals surface area contributed by atoms with E-state index < -0.39 is 5.79 Å².